The molecule has 2 amide bonds. The highest BCUT2D eigenvalue weighted by Crippen LogP contribution is 2.46. The van der Waals surface area contributed by atoms with Crippen LogP contribution in [0.4, 0.5) is 10.1 Å². The molecule has 2 N–H and O–H groups in total. The van der Waals surface area contributed by atoms with E-state index in [0.29, 0.717) is 5.76 Å². The second-order valence-electron chi connectivity index (χ2n) is 6.95. The van der Waals surface area contributed by atoms with Crippen molar-refractivity contribution in [1.82, 2.24) is 0 Å². The molecule has 8 heteroatoms. The van der Waals surface area contributed by atoms with Crippen molar-refractivity contribution >= 4 is 23.5 Å². The molecular weight excluding hydrogens is 355 g/mol. The number of para-hydroxylation sites is 1. The van der Waals surface area contributed by atoms with E-state index in [1.54, 1.807) is 30.4 Å². The first-order valence-corrected chi connectivity index (χ1v) is 8.50. The van der Waals surface area contributed by atoms with E-state index >= 15 is 0 Å². The largest absolute Gasteiger partial charge is 0.464 e. The summed E-state index contributed by atoms with van der Waals surface area (Å²) >= 11 is 0. The summed E-state index contributed by atoms with van der Waals surface area (Å²) in [5.74, 6) is -3.87. The minimum absolute atomic E-state index is 0.118. The molecule has 0 bridgehead atoms. The summed E-state index contributed by atoms with van der Waals surface area (Å²) in [7, 11) is 1.23. The van der Waals surface area contributed by atoms with Crippen molar-refractivity contribution in [1.29, 1.82) is 0 Å². The van der Waals surface area contributed by atoms with Crippen LogP contribution in [0, 0.1) is 17.7 Å². The van der Waals surface area contributed by atoms with Gasteiger partial charge in [0.2, 0.25) is 17.4 Å². The number of fused-ring (bicyclic) bond motifs is 1. The summed E-state index contributed by atoms with van der Waals surface area (Å²) in [6.07, 6.45) is 1.46. The van der Waals surface area contributed by atoms with Crippen LogP contribution in [0.25, 0.3) is 0 Å². The number of ether oxygens (including phenoxy) is 1. The number of hydrogen-bond acceptors (Lipinski definition) is 5. The monoisotopic (exact) mass is 373 g/mol. The summed E-state index contributed by atoms with van der Waals surface area (Å²) < 4.78 is 24.6. The Morgan fingerprint density at radius 1 is 1.22 bits per heavy atom. The number of quaternary nitrogens is 1. The SMILES string of the molecule is COC(=O)[C@]1(C)[NH2+][C@@H](c2ccco2)[C@H]2C(=O)N(c3ccccc3F)C(=O)[C@@H]21. The van der Waals surface area contributed by atoms with Crippen molar-refractivity contribution in [2.75, 3.05) is 12.0 Å². The van der Waals surface area contributed by atoms with E-state index in [0.717, 1.165) is 4.90 Å². The number of nitrogens with two attached hydrogens (primary N) is 1. The van der Waals surface area contributed by atoms with Crippen LogP contribution in [0.3, 0.4) is 0 Å². The van der Waals surface area contributed by atoms with Crippen LogP contribution in [-0.4, -0.2) is 30.4 Å². The number of esters is 1. The van der Waals surface area contributed by atoms with Crippen LogP contribution in [-0.2, 0) is 19.1 Å². The van der Waals surface area contributed by atoms with E-state index in [1.807, 2.05) is 0 Å². The van der Waals surface area contributed by atoms with E-state index < -0.39 is 47.0 Å². The topological polar surface area (TPSA) is 93.4 Å². The van der Waals surface area contributed by atoms with Gasteiger partial charge in [0.05, 0.1) is 19.1 Å². The van der Waals surface area contributed by atoms with Crippen molar-refractivity contribution in [3.63, 3.8) is 0 Å². The van der Waals surface area contributed by atoms with Crippen LogP contribution in [0.15, 0.2) is 47.1 Å². The Labute approximate surface area is 154 Å². The van der Waals surface area contributed by atoms with E-state index in [1.165, 1.54) is 31.6 Å². The highest BCUT2D eigenvalue weighted by atomic mass is 19.1. The highest BCUT2D eigenvalue weighted by Gasteiger charge is 2.71. The molecule has 2 aliphatic heterocycles. The summed E-state index contributed by atoms with van der Waals surface area (Å²) in [6.45, 7) is 1.56. The Bertz CT molecular complexity index is 928. The summed E-state index contributed by atoms with van der Waals surface area (Å²) in [6, 6.07) is 8.33. The number of benzene rings is 1. The number of rotatable bonds is 3. The van der Waals surface area contributed by atoms with Gasteiger partial charge in [0.25, 0.3) is 0 Å². The minimum atomic E-state index is -1.33. The Morgan fingerprint density at radius 3 is 2.59 bits per heavy atom. The number of hydrogen-bond donors (Lipinski definition) is 1. The van der Waals surface area contributed by atoms with Crippen LogP contribution >= 0.6 is 0 Å². The standard InChI is InChI=1S/C19H17FN2O5/c1-19(18(25)26-2)14-13(15(21-19)12-8-5-9-27-12)16(23)22(17(14)24)11-7-4-3-6-10(11)20/h3-9,13-15,21H,1-2H3/p+1/t13-,14+,15-,19+/m0/s1. The van der Waals surface area contributed by atoms with Crippen LogP contribution < -0.4 is 10.2 Å². The van der Waals surface area contributed by atoms with Gasteiger partial charge in [-0.1, -0.05) is 12.1 Å². The van der Waals surface area contributed by atoms with Crippen LogP contribution in [0.2, 0.25) is 0 Å². The zero-order valence-corrected chi connectivity index (χ0v) is 14.7. The Morgan fingerprint density at radius 2 is 1.96 bits per heavy atom. The molecule has 0 unspecified atom stereocenters. The first kappa shape index (κ1) is 17.4. The maximum absolute atomic E-state index is 14.3. The molecule has 2 fully saturated rings. The predicted molar refractivity (Wildman–Crippen MR) is 89.7 cm³/mol. The number of halogens is 1. The lowest BCUT2D eigenvalue weighted by Crippen LogP contribution is -2.97. The van der Waals surface area contributed by atoms with Gasteiger partial charge in [0.15, 0.2) is 11.8 Å². The van der Waals surface area contributed by atoms with E-state index in [9.17, 15) is 18.8 Å². The van der Waals surface area contributed by atoms with Gasteiger partial charge in [-0.25, -0.2) is 14.1 Å². The molecular formula is C19H18FN2O5+. The summed E-state index contributed by atoms with van der Waals surface area (Å²) in [5.41, 5.74) is -1.45. The number of amides is 2. The number of carbonyl (C=O) groups is 3. The third-order valence-electron chi connectivity index (χ3n) is 5.50. The quantitative estimate of drug-likeness (QED) is 0.634. The molecule has 0 radical (unpaired) electrons. The fourth-order valence-corrected chi connectivity index (χ4v) is 4.29. The molecule has 4 rings (SSSR count). The second kappa shape index (κ2) is 6.02. The van der Waals surface area contributed by atoms with E-state index in [-0.39, 0.29) is 5.69 Å². The molecule has 2 aromatic rings. The molecule has 2 aliphatic rings. The van der Waals surface area contributed by atoms with Gasteiger partial charge in [-0.2, -0.15) is 0 Å². The van der Waals surface area contributed by atoms with Gasteiger partial charge < -0.3 is 14.5 Å². The van der Waals surface area contributed by atoms with Gasteiger partial charge in [-0.05, 0) is 24.3 Å². The van der Waals surface area contributed by atoms with Gasteiger partial charge in [0, 0.05) is 6.92 Å². The number of anilines is 1. The number of furan rings is 1. The molecule has 0 saturated carbocycles. The average Bonchev–Trinajstić information content (AvgIpc) is 3.34. The van der Waals surface area contributed by atoms with Crippen LogP contribution in [0.5, 0.6) is 0 Å². The molecule has 0 spiro atoms. The van der Waals surface area contributed by atoms with Crippen molar-refractivity contribution in [3.05, 3.63) is 54.2 Å². The first-order valence-electron chi connectivity index (χ1n) is 8.50. The highest BCUT2D eigenvalue weighted by molar-refractivity contribution is 6.23. The van der Waals surface area contributed by atoms with Gasteiger partial charge in [-0.15, -0.1) is 0 Å². The van der Waals surface area contributed by atoms with Crippen LogP contribution in [0.1, 0.15) is 18.7 Å². The number of carbonyl (C=O) groups excluding carboxylic acids is 3. The molecule has 7 nitrogen and oxygen atoms in total. The lowest BCUT2D eigenvalue weighted by Gasteiger charge is -2.25. The van der Waals surface area contributed by atoms with E-state index in [2.05, 4.69) is 0 Å². The van der Waals surface area contributed by atoms with Gasteiger partial charge >= 0.3 is 5.97 Å². The maximum Gasteiger partial charge on any atom is 0.368 e. The number of imide groups is 1. The second-order valence-corrected chi connectivity index (χ2v) is 6.95. The number of methoxy groups -OCH3 is 1. The molecule has 4 atom stereocenters. The first-order chi connectivity index (χ1) is 12.9. The molecule has 27 heavy (non-hydrogen) atoms. The van der Waals surface area contributed by atoms with Crippen molar-refractivity contribution in [3.8, 4) is 0 Å². The minimum Gasteiger partial charge on any atom is -0.464 e. The molecule has 0 aliphatic carbocycles. The molecule has 1 aromatic heterocycles. The van der Waals surface area contributed by atoms with Crippen molar-refractivity contribution in [2.45, 2.75) is 18.5 Å². The smallest absolute Gasteiger partial charge is 0.368 e. The zero-order valence-electron chi connectivity index (χ0n) is 14.7. The molecule has 140 valence electrons. The maximum atomic E-state index is 14.3. The Balaban J connectivity index is 1.84. The Kier molecular flexibility index (Phi) is 3.88. The molecule has 2 saturated heterocycles. The lowest BCUT2D eigenvalue weighted by molar-refractivity contribution is -0.732. The fourth-order valence-electron chi connectivity index (χ4n) is 4.29. The van der Waals surface area contributed by atoms with Gasteiger partial charge in [-0.3, -0.25) is 9.59 Å². The van der Waals surface area contributed by atoms with Crippen molar-refractivity contribution < 1.29 is 33.2 Å². The van der Waals surface area contributed by atoms with E-state index in [4.69, 9.17) is 9.15 Å². The third-order valence-corrected chi connectivity index (χ3v) is 5.50. The molecule has 3 heterocycles. The zero-order chi connectivity index (χ0) is 19.3. The van der Waals surface area contributed by atoms with Gasteiger partial charge in [0.1, 0.15) is 17.7 Å². The Hall–Kier alpha value is -3.00. The predicted octanol–water partition coefficient (Wildman–Crippen LogP) is 0.774. The lowest BCUT2D eigenvalue weighted by atomic mass is 9.81. The average molecular weight is 373 g/mol. The third kappa shape index (κ3) is 2.33. The molecule has 1 aromatic carbocycles. The van der Waals surface area contributed by atoms with Crippen molar-refractivity contribution in [2.24, 2.45) is 11.8 Å². The number of nitrogens with zero attached hydrogens (tertiary/aromatic N) is 1. The normalized spacial score (nSPS) is 29.9. The summed E-state index contributed by atoms with van der Waals surface area (Å²) in [4.78, 5) is 39.7. The summed E-state index contributed by atoms with van der Waals surface area (Å²) in [5, 5.41) is 1.64. The fraction of sp³-hybridized carbons (Fsp3) is 0.316.